The maximum Gasteiger partial charge on any atom is 0.240 e. The fourth-order valence-electron chi connectivity index (χ4n) is 3.07. The normalized spacial score (nSPS) is 11.3. The first-order valence-corrected chi connectivity index (χ1v) is 10.7. The molecule has 2 aromatic carbocycles. The van der Waals surface area contributed by atoms with Gasteiger partial charge in [-0.25, -0.2) is 23.5 Å². The van der Waals surface area contributed by atoms with E-state index in [-0.39, 0.29) is 16.3 Å². The molecule has 158 valence electrons. The van der Waals surface area contributed by atoms with Gasteiger partial charge in [-0.15, -0.1) is 0 Å². The predicted octanol–water partition coefficient (Wildman–Crippen LogP) is 3.10. The number of fused-ring (bicyclic) bond motifs is 1. The molecule has 0 aliphatic carbocycles. The second-order valence-electron chi connectivity index (χ2n) is 6.53. The summed E-state index contributed by atoms with van der Waals surface area (Å²) in [4.78, 5) is 13.4. The zero-order chi connectivity index (χ0) is 22.0. The van der Waals surface area contributed by atoms with Crippen LogP contribution in [0.3, 0.4) is 0 Å². The monoisotopic (exact) mass is 437 g/mol. The first-order valence-electron chi connectivity index (χ1n) is 9.14. The number of anilines is 2. The molecule has 0 aliphatic rings. The van der Waals surface area contributed by atoms with E-state index in [0.717, 1.165) is 0 Å². The minimum atomic E-state index is -4.04. The molecule has 0 saturated carbocycles. The van der Waals surface area contributed by atoms with Gasteiger partial charge >= 0.3 is 0 Å². The Morgan fingerprint density at radius 2 is 1.52 bits per heavy atom. The fourth-order valence-corrected chi connectivity index (χ4v) is 3.75. The van der Waals surface area contributed by atoms with E-state index in [0.29, 0.717) is 34.0 Å². The number of para-hydroxylation sites is 2. The smallest absolute Gasteiger partial charge is 0.240 e. The number of sulfonamides is 1. The van der Waals surface area contributed by atoms with E-state index in [4.69, 9.17) is 14.6 Å². The van der Waals surface area contributed by atoms with Crippen molar-refractivity contribution in [3.63, 3.8) is 0 Å². The van der Waals surface area contributed by atoms with Crippen molar-refractivity contribution < 1.29 is 17.9 Å². The third-order valence-electron chi connectivity index (χ3n) is 4.49. The largest absolute Gasteiger partial charge is 0.497 e. The fraction of sp³-hybridized carbons (Fsp3) is 0.0952. The van der Waals surface area contributed by atoms with Crippen LogP contribution >= 0.6 is 0 Å². The van der Waals surface area contributed by atoms with Gasteiger partial charge in [-0.05, 0) is 24.3 Å². The highest BCUT2D eigenvalue weighted by Crippen LogP contribution is 2.33. The predicted molar refractivity (Wildman–Crippen MR) is 117 cm³/mol. The second-order valence-corrected chi connectivity index (χ2v) is 8.06. The van der Waals surface area contributed by atoms with E-state index in [1.165, 1.54) is 18.3 Å². The van der Waals surface area contributed by atoms with Crippen LogP contribution in [0.4, 0.5) is 11.5 Å². The van der Waals surface area contributed by atoms with Gasteiger partial charge in [0.1, 0.15) is 27.8 Å². The van der Waals surface area contributed by atoms with Gasteiger partial charge in [0.05, 0.1) is 25.3 Å². The molecule has 0 unspecified atom stereocenters. The number of aromatic nitrogens is 3. The van der Waals surface area contributed by atoms with Crippen molar-refractivity contribution in [2.24, 2.45) is 5.14 Å². The van der Waals surface area contributed by atoms with Crippen molar-refractivity contribution in [2.75, 3.05) is 19.5 Å². The summed E-state index contributed by atoms with van der Waals surface area (Å²) in [6.07, 6.45) is 1.47. The van der Waals surface area contributed by atoms with Crippen molar-refractivity contribution in [1.82, 2.24) is 15.0 Å². The van der Waals surface area contributed by atoms with Crippen LogP contribution in [0.1, 0.15) is 0 Å². The highest BCUT2D eigenvalue weighted by atomic mass is 32.2. The summed E-state index contributed by atoms with van der Waals surface area (Å²) in [6.45, 7) is 0. The number of hydrogen-bond donors (Lipinski definition) is 2. The molecule has 2 aromatic heterocycles. The lowest BCUT2D eigenvalue weighted by Gasteiger charge is -2.14. The Morgan fingerprint density at radius 1 is 0.871 bits per heavy atom. The molecule has 31 heavy (non-hydrogen) atoms. The van der Waals surface area contributed by atoms with Crippen LogP contribution < -0.4 is 19.9 Å². The Labute approximate surface area is 178 Å². The van der Waals surface area contributed by atoms with Crippen LogP contribution in [-0.4, -0.2) is 37.6 Å². The highest BCUT2D eigenvalue weighted by Gasteiger charge is 2.21. The minimum Gasteiger partial charge on any atom is -0.497 e. The van der Waals surface area contributed by atoms with Gasteiger partial charge in [-0.1, -0.05) is 12.1 Å². The Bertz CT molecular complexity index is 1350. The summed E-state index contributed by atoms with van der Waals surface area (Å²) in [7, 11) is -0.948. The molecule has 0 radical (unpaired) electrons. The number of hydrogen-bond acceptors (Lipinski definition) is 8. The summed E-state index contributed by atoms with van der Waals surface area (Å²) in [5, 5.41) is 8.60. The number of primary sulfonamides is 1. The van der Waals surface area contributed by atoms with Crippen LogP contribution in [0.5, 0.6) is 11.5 Å². The lowest BCUT2D eigenvalue weighted by molar-refractivity contribution is 0.395. The first kappa shape index (κ1) is 20.5. The highest BCUT2D eigenvalue weighted by molar-refractivity contribution is 7.89. The van der Waals surface area contributed by atoms with Gasteiger partial charge in [0.25, 0.3) is 0 Å². The van der Waals surface area contributed by atoms with Crippen molar-refractivity contribution in [3.05, 3.63) is 60.8 Å². The molecule has 0 spiro atoms. The number of nitrogens with one attached hydrogen (secondary N) is 1. The molecule has 0 amide bonds. The van der Waals surface area contributed by atoms with Gasteiger partial charge in [0, 0.05) is 30.1 Å². The molecule has 0 fully saturated rings. The number of rotatable bonds is 6. The van der Waals surface area contributed by atoms with Gasteiger partial charge in [-0.2, -0.15) is 0 Å². The Hall–Kier alpha value is -3.76. The quantitative estimate of drug-likeness (QED) is 0.471. The van der Waals surface area contributed by atoms with E-state index in [1.807, 2.05) is 18.2 Å². The maximum atomic E-state index is 12.2. The summed E-state index contributed by atoms with van der Waals surface area (Å²) in [5.74, 6) is 1.44. The first-order chi connectivity index (χ1) is 14.9. The maximum absolute atomic E-state index is 12.2. The molecule has 3 N–H and O–H groups in total. The SMILES string of the molecule is COc1cc(Nc2nc3ccccc3nc2-c2ncccc2S(N)(=O)=O)cc(OC)c1. The minimum absolute atomic E-state index is 0.0978. The zero-order valence-corrected chi connectivity index (χ0v) is 17.6. The van der Waals surface area contributed by atoms with Crippen molar-refractivity contribution in [1.29, 1.82) is 0 Å². The van der Waals surface area contributed by atoms with E-state index >= 15 is 0 Å². The lowest BCUT2D eigenvalue weighted by Crippen LogP contribution is -2.15. The third-order valence-corrected chi connectivity index (χ3v) is 5.43. The number of ether oxygens (including phenoxy) is 2. The molecule has 0 bridgehead atoms. The van der Waals surface area contributed by atoms with E-state index in [1.54, 1.807) is 38.5 Å². The molecule has 0 aliphatic heterocycles. The van der Waals surface area contributed by atoms with Crippen molar-refractivity contribution in [2.45, 2.75) is 4.90 Å². The molecule has 4 aromatic rings. The number of nitrogens with zero attached hydrogens (tertiary/aromatic N) is 3. The van der Waals surface area contributed by atoms with Gasteiger partial charge in [-0.3, -0.25) is 4.98 Å². The molecular weight excluding hydrogens is 418 g/mol. The molecule has 10 heteroatoms. The van der Waals surface area contributed by atoms with Gasteiger partial charge in [0.2, 0.25) is 10.0 Å². The van der Waals surface area contributed by atoms with Gasteiger partial charge < -0.3 is 14.8 Å². The number of pyridine rings is 1. The van der Waals surface area contributed by atoms with Gasteiger partial charge in [0.15, 0.2) is 5.82 Å². The van der Waals surface area contributed by atoms with Crippen molar-refractivity contribution >= 4 is 32.6 Å². The Kier molecular flexibility index (Phi) is 5.40. The number of methoxy groups -OCH3 is 2. The van der Waals surface area contributed by atoms with Crippen LogP contribution in [0.15, 0.2) is 65.7 Å². The van der Waals surface area contributed by atoms with Crippen molar-refractivity contribution in [3.8, 4) is 22.9 Å². The van der Waals surface area contributed by atoms with E-state index in [9.17, 15) is 8.42 Å². The van der Waals surface area contributed by atoms with Crippen LogP contribution in [0, 0.1) is 0 Å². The standard InChI is InChI=1S/C21H19N5O4S/c1-29-14-10-13(11-15(12-14)30-2)24-21-20(25-16-6-3-4-7-17(16)26-21)19-18(31(22,27)28)8-5-9-23-19/h3-12H,1-2H3,(H,24,26)(H2,22,27,28). The molecule has 9 nitrogen and oxygen atoms in total. The van der Waals surface area contributed by atoms with E-state index in [2.05, 4.69) is 20.3 Å². The van der Waals surface area contributed by atoms with Crippen LogP contribution in [0.2, 0.25) is 0 Å². The Morgan fingerprint density at radius 3 is 2.13 bits per heavy atom. The molecule has 0 saturated heterocycles. The topological polar surface area (TPSA) is 129 Å². The zero-order valence-electron chi connectivity index (χ0n) is 16.7. The Balaban J connectivity index is 1.94. The molecule has 0 atom stereocenters. The molecule has 2 heterocycles. The lowest BCUT2D eigenvalue weighted by atomic mass is 10.2. The molecular formula is C21H19N5O4S. The molecule has 4 rings (SSSR count). The number of benzene rings is 2. The summed E-state index contributed by atoms with van der Waals surface area (Å²) >= 11 is 0. The second kappa shape index (κ2) is 8.17. The average Bonchev–Trinajstić information content (AvgIpc) is 2.77. The summed E-state index contributed by atoms with van der Waals surface area (Å²) in [6, 6.07) is 15.4. The third kappa shape index (κ3) is 4.25. The summed E-state index contributed by atoms with van der Waals surface area (Å²) in [5.41, 5.74) is 2.15. The summed E-state index contributed by atoms with van der Waals surface area (Å²) < 4.78 is 35.0. The van der Waals surface area contributed by atoms with Crippen LogP contribution in [-0.2, 0) is 10.0 Å². The number of nitrogens with two attached hydrogens (primary N) is 1. The average molecular weight is 437 g/mol. The van der Waals surface area contributed by atoms with Crippen LogP contribution in [0.25, 0.3) is 22.4 Å². The van der Waals surface area contributed by atoms with E-state index < -0.39 is 10.0 Å².